The molecule has 0 bridgehead atoms. The summed E-state index contributed by atoms with van der Waals surface area (Å²) in [6, 6.07) is 3.33. The summed E-state index contributed by atoms with van der Waals surface area (Å²) in [6.45, 7) is 4.37. The van der Waals surface area contributed by atoms with E-state index in [1.165, 1.54) is 0 Å². The molecule has 21 heavy (non-hydrogen) atoms. The van der Waals surface area contributed by atoms with Gasteiger partial charge >= 0.3 is 0 Å². The Bertz CT molecular complexity index is 488. The van der Waals surface area contributed by atoms with Gasteiger partial charge in [-0.15, -0.1) is 0 Å². The largest absolute Gasteiger partial charge is 0.475 e. The van der Waals surface area contributed by atoms with Gasteiger partial charge in [-0.25, -0.2) is 4.98 Å². The van der Waals surface area contributed by atoms with Crippen molar-refractivity contribution in [3.63, 3.8) is 0 Å². The molecule has 1 fully saturated rings. The molecule has 1 aromatic heterocycles. The summed E-state index contributed by atoms with van der Waals surface area (Å²) < 4.78 is 5.63. The first-order valence-electron chi connectivity index (χ1n) is 7.57. The first-order valence-corrected chi connectivity index (χ1v) is 7.57. The number of carbonyl (C=O) groups is 1. The van der Waals surface area contributed by atoms with Gasteiger partial charge in [-0.2, -0.15) is 0 Å². The summed E-state index contributed by atoms with van der Waals surface area (Å²) in [7, 11) is 1.71. The normalized spacial score (nSPS) is 17.1. The molecule has 5 heteroatoms. The van der Waals surface area contributed by atoms with Crippen LogP contribution >= 0.6 is 0 Å². The van der Waals surface area contributed by atoms with E-state index in [4.69, 9.17) is 4.74 Å². The van der Waals surface area contributed by atoms with Crippen LogP contribution in [0.25, 0.3) is 0 Å². The van der Waals surface area contributed by atoms with Crippen LogP contribution in [-0.4, -0.2) is 46.7 Å². The minimum Gasteiger partial charge on any atom is -0.475 e. The Kier molecular flexibility index (Phi) is 5.17. The van der Waals surface area contributed by atoms with Crippen LogP contribution < -0.4 is 4.74 Å². The van der Waals surface area contributed by atoms with E-state index in [0.29, 0.717) is 23.9 Å². The van der Waals surface area contributed by atoms with Gasteiger partial charge in [-0.3, -0.25) is 4.79 Å². The molecule has 2 rings (SSSR count). The van der Waals surface area contributed by atoms with Crippen molar-refractivity contribution >= 4 is 5.91 Å². The highest BCUT2D eigenvalue weighted by molar-refractivity contribution is 5.94. The second kappa shape index (κ2) is 6.89. The second-order valence-corrected chi connectivity index (χ2v) is 5.81. The van der Waals surface area contributed by atoms with Crippen molar-refractivity contribution in [3.8, 4) is 5.88 Å². The molecule has 5 nitrogen and oxygen atoms in total. The zero-order valence-electron chi connectivity index (χ0n) is 13.0. The van der Waals surface area contributed by atoms with Gasteiger partial charge in [0.1, 0.15) is 0 Å². The monoisotopic (exact) mass is 292 g/mol. The lowest BCUT2D eigenvalue weighted by Gasteiger charge is -2.21. The summed E-state index contributed by atoms with van der Waals surface area (Å²) >= 11 is 0. The molecule has 1 aliphatic carbocycles. The molecule has 1 aliphatic rings. The molecule has 0 radical (unpaired) electrons. The van der Waals surface area contributed by atoms with Crippen LogP contribution in [0.2, 0.25) is 0 Å². The second-order valence-electron chi connectivity index (χ2n) is 5.81. The highest BCUT2D eigenvalue weighted by Crippen LogP contribution is 2.32. The van der Waals surface area contributed by atoms with Crippen molar-refractivity contribution in [1.29, 1.82) is 0 Å². The molecule has 0 saturated heterocycles. The highest BCUT2D eigenvalue weighted by atomic mass is 16.5. The van der Waals surface area contributed by atoms with E-state index in [2.05, 4.69) is 4.98 Å². The maximum absolute atomic E-state index is 12.4. The lowest BCUT2D eigenvalue weighted by atomic mass is 10.2. The fourth-order valence-electron chi connectivity index (χ4n) is 2.11. The maximum atomic E-state index is 12.4. The first kappa shape index (κ1) is 15.8. The van der Waals surface area contributed by atoms with Crippen molar-refractivity contribution in [2.75, 3.05) is 13.6 Å². The number of rotatable bonds is 7. The van der Waals surface area contributed by atoms with E-state index in [1.807, 2.05) is 13.8 Å². The topological polar surface area (TPSA) is 62.7 Å². The van der Waals surface area contributed by atoms with E-state index in [-0.39, 0.29) is 12.0 Å². The van der Waals surface area contributed by atoms with Gasteiger partial charge < -0.3 is 14.7 Å². The van der Waals surface area contributed by atoms with Crippen molar-refractivity contribution in [2.45, 2.75) is 45.3 Å². The number of likely N-dealkylation sites (N-methyl/N-ethyl adjacent to an activating group) is 1. The third kappa shape index (κ3) is 4.43. The number of amides is 1. The van der Waals surface area contributed by atoms with E-state index in [9.17, 15) is 9.90 Å². The molecule has 2 unspecified atom stereocenters. The Morgan fingerprint density at radius 3 is 2.90 bits per heavy atom. The van der Waals surface area contributed by atoms with Crippen LogP contribution in [-0.2, 0) is 0 Å². The summed E-state index contributed by atoms with van der Waals surface area (Å²) in [5.74, 6) is 0.708. The molecule has 1 amide bonds. The molecule has 2 atom stereocenters. The van der Waals surface area contributed by atoms with Gasteiger partial charge in [0.05, 0.1) is 12.2 Å². The van der Waals surface area contributed by atoms with Crippen LogP contribution in [0.4, 0.5) is 0 Å². The molecule has 1 N–H and O–H groups in total. The van der Waals surface area contributed by atoms with Gasteiger partial charge in [0.15, 0.2) is 0 Å². The summed E-state index contributed by atoms with van der Waals surface area (Å²) in [5.41, 5.74) is 0.536. The minimum absolute atomic E-state index is 0.0669. The third-order valence-electron chi connectivity index (χ3n) is 3.85. The number of carbonyl (C=O) groups excluding carboxylic acids is 1. The predicted molar refractivity (Wildman–Crippen MR) is 80.3 cm³/mol. The fraction of sp³-hybridized carbons (Fsp3) is 0.625. The summed E-state index contributed by atoms with van der Waals surface area (Å²) in [4.78, 5) is 18.0. The Labute approximate surface area is 125 Å². The zero-order chi connectivity index (χ0) is 15.4. The minimum atomic E-state index is -0.420. The van der Waals surface area contributed by atoms with E-state index in [1.54, 1.807) is 30.3 Å². The van der Waals surface area contributed by atoms with Crippen LogP contribution in [0.5, 0.6) is 5.88 Å². The summed E-state index contributed by atoms with van der Waals surface area (Å²) in [5, 5.41) is 9.93. The number of nitrogens with zero attached hydrogens (tertiary/aromatic N) is 2. The Morgan fingerprint density at radius 1 is 1.57 bits per heavy atom. The molecule has 1 heterocycles. The van der Waals surface area contributed by atoms with Crippen molar-refractivity contribution in [3.05, 3.63) is 23.9 Å². The van der Waals surface area contributed by atoms with Gasteiger partial charge in [-0.05, 0) is 38.2 Å². The van der Waals surface area contributed by atoms with E-state index >= 15 is 0 Å². The van der Waals surface area contributed by atoms with Crippen LogP contribution in [0, 0.1) is 5.92 Å². The van der Waals surface area contributed by atoms with Crippen molar-refractivity contribution in [2.24, 2.45) is 5.92 Å². The molecule has 116 valence electrons. The van der Waals surface area contributed by atoms with Crippen molar-refractivity contribution in [1.82, 2.24) is 9.88 Å². The van der Waals surface area contributed by atoms with Crippen LogP contribution in [0.1, 0.15) is 43.5 Å². The average molecular weight is 292 g/mol. The number of aliphatic hydroxyl groups excluding tert-OH is 1. The predicted octanol–water partition coefficient (Wildman–Crippen LogP) is 2.10. The van der Waals surface area contributed by atoms with E-state index < -0.39 is 6.10 Å². The maximum Gasteiger partial charge on any atom is 0.253 e. The Hall–Kier alpha value is -1.62. The van der Waals surface area contributed by atoms with Crippen LogP contribution in [0.3, 0.4) is 0 Å². The Morgan fingerprint density at radius 2 is 2.29 bits per heavy atom. The third-order valence-corrected chi connectivity index (χ3v) is 3.85. The van der Waals surface area contributed by atoms with Crippen molar-refractivity contribution < 1.29 is 14.6 Å². The standard InChI is InChI=1S/C16H24N2O3/c1-4-11(2)21-15-9-13(7-8-17-15)16(20)18(3)10-14(19)12-5-6-12/h7-9,11-12,14,19H,4-6,10H2,1-3H3. The molecular weight excluding hydrogens is 268 g/mol. The van der Waals surface area contributed by atoms with E-state index in [0.717, 1.165) is 19.3 Å². The lowest BCUT2D eigenvalue weighted by molar-refractivity contribution is 0.0644. The molecule has 1 saturated carbocycles. The van der Waals surface area contributed by atoms with Crippen LogP contribution in [0.15, 0.2) is 18.3 Å². The van der Waals surface area contributed by atoms with Gasteiger partial charge in [-0.1, -0.05) is 6.92 Å². The molecule has 0 aromatic carbocycles. The number of ether oxygens (including phenoxy) is 1. The lowest BCUT2D eigenvalue weighted by Crippen LogP contribution is -2.35. The SMILES string of the molecule is CCC(C)Oc1cc(C(=O)N(C)CC(O)C2CC2)ccn1. The quantitative estimate of drug-likeness (QED) is 0.836. The van der Waals surface area contributed by atoms with Gasteiger partial charge in [0.25, 0.3) is 5.91 Å². The number of hydrogen-bond acceptors (Lipinski definition) is 4. The summed E-state index contributed by atoms with van der Waals surface area (Å²) in [6.07, 6.45) is 4.23. The highest BCUT2D eigenvalue weighted by Gasteiger charge is 2.31. The molecule has 0 spiro atoms. The van der Waals surface area contributed by atoms with Gasteiger partial charge in [0, 0.05) is 31.4 Å². The molecule has 1 aromatic rings. The Balaban J connectivity index is 1.98. The average Bonchev–Trinajstić information content (AvgIpc) is 3.31. The fourth-order valence-corrected chi connectivity index (χ4v) is 2.11. The number of pyridine rings is 1. The number of hydrogen-bond donors (Lipinski definition) is 1. The number of aliphatic hydroxyl groups is 1. The molecular formula is C16H24N2O3. The number of aromatic nitrogens is 1. The first-order chi connectivity index (χ1) is 10.0. The van der Waals surface area contributed by atoms with Gasteiger partial charge in [0.2, 0.25) is 5.88 Å². The zero-order valence-corrected chi connectivity index (χ0v) is 13.0. The molecule has 0 aliphatic heterocycles. The smallest absolute Gasteiger partial charge is 0.253 e.